The van der Waals surface area contributed by atoms with E-state index in [9.17, 15) is 19.2 Å². The molecule has 2 aromatic rings. The fraction of sp³-hybridized carbons (Fsp3) is 0.472. The molecule has 0 radical (unpaired) electrons. The van der Waals surface area contributed by atoms with E-state index in [0.717, 1.165) is 33.5 Å². The first kappa shape index (κ1) is 34.4. The van der Waals surface area contributed by atoms with Gasteiger partial charge in [0.2, 0.25) is 17.7 Å². The van der Waals surface area contributed by atoms with E-state index in [1.807, 2.05) is 97.9 Å². The maximum absolute atomic E-state index is 13.6. The van der Waals surface area contributed by atoms with Gasteiger partial charge in [0.15, 0.2) is 0 Å². The number of amides is 4. The molecule has 10 heteroatoms. The highest BCUT2D eigenvalue weighted by Crippen LogP contribution is 2.47. The van der Waals surface area contributed by atoms with Gasteiger partial charge in [0.25, 0.3) is 0 Å². The molecule has 1 aliphatic carbocycles. The minimum Gasteiger partial charge on any atom is -0.444 e. The lowest BCUT2D eigenvalue weighted by molar-refractivity contribution is -0.142. The fourth-order valence-corrected chi connectivity index (χ4v) is 6.03. The number of carbonyl (C=O) groups is 4. The van der Waals surface area contributed by atoms with Crippen LogP contribution < -0.4 is 10.6 Å². The minimum atomic E-state index is -0.735. The second kappa shape index (κ2) is 13.1. The number of nitrogens with one attached hydrogen (secondary N) is 2. The molecule has 0 fully saturated rings. The molecular weight excluding hydrogens is 582 g/mol. The highest BCUT2D eigenvalue weighted by Gasteiger charge is 2.50. The third-order valence-electron chi connectivity index (χ3n) is 8.18. The van der Waals surface area contributed by atoms with Gasteiger partial charge in [-0.15, -0.1) is 0 Å². The van der Waals surface area contributed by atoms with E-state index in [0.29, 0.717) is 18.7 Å². The largest absolute Gasteiger partial charge is 0.444 e. The number of carbonyl (C=O) groups excluding carboxylic acids is 4. The van der Waals surface area contributed by atoms with Crippen LogP contribution in [0.25, 0.3) is 0 Å². The van der Waals surface area contributed by atoms with E-state index in [2.05, 4.69) is 15.6 Å². The van der Waals surface area contributed by atoms with Gasteiger partial charge in [0, 0.05) is 37.4 Å². The Morgan fingerprint density at radius 2 is 1.67 bits per heavy atom. The predicted octanol–water partition coefficient (Wildman–Crippen LogP) is 5.53. The SMILES string of the molecule is C/C=C\C1=C(C)NC(=O)C12Cc1cnc(NC(=O)CN(Cc3ccccc3CN(C)C(=O)OC(C)(C)C)C(=O)C(C)(C)C)cc1C2. The van der Waals surface area contributed by atoms with E-state index < -0.39 is 22.5 Å². The molecule has 1 atom stereocenters. The number of rotatable bonds is 8. The van der Waals surface area contributed by atoms with E-state index >= 15 is 0 Å². The molecule has 1 unspecified atom stereocenters. The van der Waals surface area contributed by atoms with Crippen molar-refractivity contribution < 1.29 is 23.9 Å². The third kappa shape index (κ3) is 7.66. The molecule has 10 nitrogen and oxygen atoms in total. The molecule has 0 saturated carbocycles. The standard InChI is InChI=1S/C36H47N5O5/c1-10-13-28-23(2)38-31(43)36(28)17-26-16-29(37-19-27(26)18-36)39-30(42)22-41(32(44)34(3,4)5)21-25-15-12-11-14-24(25)20-40(9)33(45)46-35(6,7)8/h10-16,19H,17-18,20-22H2,1-9H3,(H,38,43)(H,37,39,42)/b13-10-. The van der Waals surface area contributed by atoms with Crippen molar-refractivity contribution in [3.63, 3.8) is 0 Å². The number of aromatic nitrogens is 1. The van der Waals surface area contributed by atoms with Crippen LogP contribution in [0.3, 0.4) is 0 Å². The molecule has 46 heavy (non-hydrogen) atoms. The first-order chi connectivity index (χ1) is 21.4. The zero-order valence-corrected chi connectivity index (χ0v) is 28.5. The summed E-state index contributed by atoms with van der Waals surface area (Å²) in [5.74, 6) is -0.221. The highest BCUT2D eigenvalue weighted by molar-refractivity contribution is 5.95. The van der Waals surface area contributed by atoms with Crippen LogP contribution in [-0.4, -0.2) is 57.8 Å². The summed E-state index contributed by atoms with van der Waals surface area (Å²) in [5.41, 5.74) is 3.40. The van der Waals surface area contributed by atoms with Crippen molar-refractivity contribution in [2.24, 2.45) is 10.8 Å². The zero-order valence-electron chi connectivity index (χ0n) is 28.5. The summed E-state index contributed by atoms with van der Waals surface area (Å²) in [5, 5.41) is 5.87. The molecule has 1 aromatic heterocycles. The number of pyridine rings is 1. The lowest BCUT2D eigenvalue weighted by Crippen LogP contribution is -2.43. The highest BCUT2D eigenvalue weighted by atomic mass is 16.6. The number of hydrogen-bond donors (Lipinski definition) is 2. The fourth-order valence-electron chi connectivity index (χ4n) is 6.03. The summed E-state index contributed by atoms with van der Waals surface area (Å²) < 4.78 is 5.50. The van der Waals surface area contributed by atoms with Crippen LogP contribution in [0, 0.1) is 10.8 Å². The number of fused-ring (bicyclic) bond motifs is 1. The first-order valence-corrected chi connectivity index (χ1v) is 15.7. The monoisotopic (exact) mass is 629 g/mol. The number of benzene rings is 1. The lowest BCUT2D eigenvalue weighted by Gasteiger charge is -2.30. The predicted molar refractivity (Wildman–Crippen MR) is 177 cm³/mol. The van der Waals surface area contributed by atoms with E-state index in [4.69, 9.17) is 4.74 Å². The summed E-state index contributed by atoms with van der Waals surface area (Å²) in [6.45, 7) is 15.0. The molecule has 1 aliphatic heterocycles. The van der Waals surface area contributed by atoms with Gasteiger partial charge in [-0.2, -0.15) is 0 Å². The smallest absolute Gasteiger partial charge is 0.410 e. The van der Waals surface area contributed by atoms with Crippen molar-refractivity contribution in [2.75, 3.05) is 18.9 Å². The van der Waals surface area contributed by atoms with Crippen LogP contribution in [0.4, 0.5) is 10.6 Å². The van der Waals surface area contributed by atoms with Gasteiger partial charge in [0.1, 0.15) is 18.0 Å². The summed E-state index contributed by atoms with van der Waals surface area (Å²) in [6, 6.07) is 9.38. The number of anilines is 1. The van der Waals surface area contributed by atoms with Crippen LogP contribution in [0.5, 0.6) is 0 Å². The average molecular weight is 630 g/mol. The van der Waals surface area contributed by atoms with Crippen molar-refractivity contribution in [3.8, 4) is 0 Å². The molecule has 2 aliphatic rings. The van der Waals surface area contributed by atoms with Crippen LogP contribution >= 0.6 is 0 Å². The molecule has 0 saturated heterocycles. The van der Waals surface area contributed by atoms with Gasteiger partial charge >= 0.3 is 6.09 Å². The first-order valence-electron chi connectivity index (χ1n) is 15.7. The van der Waals surface area contributed by atoms with Crippen molar-refractivity contribution in [1.29, 1.82) is 0 Å². The zero-order chi connectivity index (χ0) is 34.0. The molecule has 4 rings (SSSR count). The van der Waals surface area contributed by atoms with Crippen LogP contribution in [0.15, 0.2) is 60.0 Å². The molecular formula is C36H47N5O5. The maximum Gasteiger partial charge on any atom is 0.410 e. The number of nitrogens with zero attached hydrogens (tertiary/aromatic N) is 3. The number of hydrogen-bond acceptors (Lipinski definition) is 6. The minimum absolute atomic E-state index is 0.0196. The van der Waals surface area contributed by atoms with Crippen molar-refractivity contribution in [1.82, 2.24) is 20.1 Å². The molecule has 4 amide bonds. The Morgan fingerprint density at radius 1 is 1.04 bits per heavy atom. The topological polar surface area (TPSA) is 121 Å². The van der Waals surface area contributed by atoms with Gasteiger partial charge in [-0.1, -0.05) is 57.2 Å². The number of allylic oxidation sites excluding steroid dienone is 3. The number of ether oxygens (including phenoxy) is 1. The Balaban J connectivity index is 1.50. The van der Waals surface area contributed by atoms with Crippen LogP contribution in [-0.2, 0) is 45.1 Å². The lowest BCUT2D eigenvalue weighted by atomic mass is 9.78. The molecule has 2 N–H and O–H groups in total. The van der Waals surface area contributed by atoms with E-state index in [1.165, 1.54) is 9.80 Å². The van der Waals surface area contributed by atoms with Crippen molar-refractivity contribution in [2.45, 2.75) is 86.9 Å². The molecule has 246 valence electrons. The Hall–Kier alpha value is -4.47. The van der Waals surface area contributed by atoms with E-state index in [-0.39, 0.29) is 37.4 Å². The summed E-state index contributed by atoms with van der Waals surface area (Å²) in [4.78, 5) is 60.2. The molecule has 0 bridgehead atoms. The summed E-state index contributed by atoms with van der Waals surface area (Å²) in [6.07, 6.45) is 6.26. The van der Waals surface area contributed by atoms with Gasteiger partial charge in [-0.25, -0.2) is 9.78 Å². The second-order valence-corrected chi connectivity index (χ2v) is 14.3. The van der Waals surface area contributed by atoms with Crippen LogP contribution in [0.2, 0.25) is 0 Å². The molecule has 2 heterocycles. The van der Waals surface area contributed by atoms with Gasteiger partial charge in [0.05, 0.1) is 5.41 Å². The summed E-state index contributed by atoms with van der Waals surface area (Å²) >= 11 is 0. The van der Waals surface area contributed by atoms with Gasteiger partial charge in [-0.3, -0.25) is 14.4 Å². The van der Waals surface area contributed by atoms with E-state index in [1.54, 1.807) is 13.2 Å². The quantitative estimate of drug-likeness (QED) is 0.396. The van der Waals surface area contributed by atoms with Crippen LogP contribution in [0.1, 0.15) is 77.6 Å². The second-order valence-electron chi connectivity index (χ2n) is 14.3. The Bertz CT molecular complexity index is 1600. The molecule has 1 aromatic carbocycles. The van der Waals surface area contributed by atoms with Gasteiger partial charge < -0.3 is 25.2 Å². The Labute approximate surface area is 272 Å². The normalized spacial score (nSPS) is 17.7. The Kier molecular flexibility index (Phi) is 9.80. The molecule has 1 spiro atoms. The Morgan fingerprint density at radius 3 is 2.28 bits per heavy atom. The third-order valence-corrected chi connectivity index (χ3v) is 8.18. The summed E-state index contributed by atoms with van der Waals surface area (Å²) in [7, 11) is 1.67. The van der Waals surface area contributed by atoms with Crippen molar-refractivity contribution in [3.05, 3.63) is 82.2 Å². The maximum atomic E-state index is 13.6. The van der Waals surface area contributed by atoms with Crippen molar-refractivity contribution >= 4 is 29.6 Å². The average Bonchev–Trinajstić information content (AvgIpc) is 3.43. The van der Waals surface area contributed by atoms with Gasteiger partial charge in [-0.05, 0) is 81.4 Å².